The molecule has 3 aromatic rings. The van der Waals surface area contributed by atoms with Crippen LogP contribution in [0.3, 0.4) is 0 Å². The number of aromatic amines is 1. The standard InChI is InChI=1S/C11H8ClFN4OS/c12-6-1-9-8(2-7(6)13)16-10(14)17(9)3-5-4-19-11(18)15-5/h1-2,4H,3H2,(H2,14,16)(H,15,18). The molecule has 2 aromatic heterocycles. The minimum atomic E-state index is -0.539. The molecule has 5 nitrogen and oxygen atoms in total. The molecule has 0 saturated heterocycles. The number of aromatic nitrogens is 3. The molecule has 0 aliphatic heterocycles. The van der Waals surface area contributed by atoms with Gasteiger partial charge >= 0.3 is 4.87 Å². The average molecular weight is 299 g/mol. The molecule has 0 radical (unpaired) electrons. The Morgan fingerprint density at radius 1 is 1.53 bits per heavy atom. The molecule has 0 aliphatic rings. The summed E-state index contributed by atoms with van der Waals surface area (Å²) < 4.78 is 15.0. The molecule has 0 atom stereocenters. The lowest BCUT2D eigenvalue weighted by Crippen LogP contribution is -2.06. The molecule has 0 amide bonds. The predicted octanol–water partition coefficient (Wildman–Crippen LogP) is 2.21. The van der Waals surface area contributed by atoms with E-state index >= 15 is 0 Å². The van der Waals surface area contributed by atoms with Crippen molar-refractivity contribution in [1.29, 1.82) is 0 Å². The molecule has 0 fully saturated rings. The van der Waals surface area contributed by atoms with Crippen molar-refractivity contribution in [3.63, 3.8) is 0 Å². The first-order valence-corrected chi connectivity index (χ1v) is 6.58. The zero-order valence-electron chi connectivity index (χ0n) is 9.48. The Hall–Kier alpha value is -1.86. The number of benzene rings is 1. The van der Waals surface area contributed by atoms with E-state index in [-0.39, 0.29) is 15.8 Å². The van der Waals surface area contributed by atoms with Crippen LogP contribution in [-0.2, 0) is 6.54 Å². The third-order valence-corrected chi connectivity index (χ3v) is 3.73. The maximum Gasteiger partial charge on any atom is 0.304 e. The minimum Gasteiger partial charge on any atom is -0.369 e. The highest BCUT2D eigenvalue weighted by atomic mass is 35.5. The molecule has 2 heterocycles. The molecule has 0 spiro atoms. The fraction of sp³-hybridized carbons (Fsp3) is 0.0909. The van der Waals surface area contributed by atoms with Crippen molar-refractivity contribution in [2.24, 2.45) is 0 Å². The van der Waals surface area contributed by atoms with Gasteiger partial charge in [-0.1, -0.05) is 22.9 Å². The van der Waals surface area contributed by atoms with Gasteiger partial charge in [0.25, 0.3) is 0 Å². The summed E-state index contributed by atoms with van der Waals surface area (Å²) in [5.41, 5.74) is 7.56. The summed E-state index contributed by atoms with van der Waals surface area (Å²) in [7, 11) is 0. The van der Waals surface area contributed by atoms with Gasteiger partial charge in [0.05, 0.1) is 22.6 Å². The van der Waals surface area contributed by atoms with Crippen LogP contribution < -0.4 is 10.6 Å². The first-order valence-electron chi connectivity index (χ1n) is 5.32. The van der Waals surface area contributed by atoms with Crippen LogP contribution in [0.2, 0.25) is 5.02 Å². The summed E-state index contributed by atoms with van der Waals surface area (Å²) >= 11 is 6.83. The first-order chi connectivity index (χ1) is 9.04. The van der Waals surface area contributed by atoms with Gasteiger partial charge in [-0.05, 0) is 6.07 Å². The summed E-state index contributed by atoms with van der Waals surface area (Å²) in [6, 6.07) is 2.71. The quantitative estimate of drug-likeness (QED) is 0.761. The second kappa shape index (κ2) is 4.36. The van der Waals surface area contributed by atoms with E-state index in [2.05, 4.69) is 9.97 Å². The number of fused-ring (bicyclic) bond motifs is 1. The van der Waals surface area contributed by atoms with Crippen LogP contribution in [0.15, 0.2) is 22.3 Å². The van der Waals surface area contributed by atoms with Crippen molar-refractivity contribution < 1.29 is 4.39 Å². The third kappa shape index (κ3) is 2.11. The number of nitrogens with two attached hydrogens (primary N) is 1. The highest BCUT2D eigenvalue weighted by molar-refractivity contribution is 7.07. The van der Waals surface area contributed by atoms with Gasteiger partial charge in [-0.3, -0.25) is 4.79 Å². The topological polar surface area (TPSA) is 76.7 Å². The number of hydrogen-bond acceptors (Lipinski definition) is 4. The van der Waals surface area contributed by atoms with Gasteiger partial charge in [0.2, 0.25) is 5.95 Å². The summed E-state index contributed by atoms with van der Waals surface area (Å²) in [5.74, 6) is -0.300. The van der Waals surface area contributed by atoms with E-state index in [1.54, 1.807) is 9.95 Å². The second-order valence-electron chi connectivity index (χ2n) is 3.98. The predicted molar refractivity (Wildman–Crippen MR) is 73.2 cm³/mol. The summed E-state index contributed by atoms with van der Waals surface area (Å²) in [6.45, 7) is 0.350. The number of halogens is 2. The van der Waals surface area contributed by atoms with Gasteiger partial charge in [0.15, 0.2) is 0 Å². The van der Waals surface area contributed by atoms with Crippen molar-refractivity contribution in [2.75, 3.05) is 5.73 Å². The lowest BCUT2D eigenvalue weighted by molar-refractivity contribution is 0.629. The van der Waals surface area contributed by atoms with Gasteiger partial charge < -0.3 is 15.3 Å². The molecule has 0 aliphatic carbocycles. The van der Waals surface area contributed by atoms with Crippen molar-refractivity contribution in [2.45, 2.75) is 6.54 Å². The third-order valence-electron chi connectivity index (χ3n) is 2.72. The Kier molecular flexibility index (Phi) is 2.79. The summed E-state index contributed by atoms with van der Waals surface area (Å²) in [4.78, 5) is 17.7. The smallest absolute Gasteiger partial charge is 0.304 e. The van der Waals surface area contributed by atoms with Gasteiger partial charge in [-0.25, -0.2) is 9.37 Å². The lowest BCUT2D eigenvalue weighted by Gasteiger charge is -2.04. The van der Waals surface area contributed by atoms with Crippen LogP contribution in [0.25, 0.3) is 11.0 Å². The fourth-order valence-corrected chi connectivity index (χ4v) is 2.60. The van der Waals surface area contributed by atoms with Crippen molar-refractivity contribution >= 4 is 39.9 Å². The normalized spacial score (nSPS) is 11.3. The van der Waals surface area contributed by atoms with Crippen LogP contribution in [-0.4, -0.2) is 14.5 Å². The highest BCUT2D eigenvalue weighted by Gasteiger charge is 2.12. The molecule has 0 unspecified atom stereocenters. The molecular weight excluding hydrogens is 291 g/mol. The summed E-state index contributed by atoms with van der Waals surface area (Å²) in [6.07, 6.45) is 0. The van der Waals surface area contributed by atoms with E-state index in [9.17, 15) is 9.18 Å². The zero-order valence-corrected chi connectivity index (χ0v) is 11.1. The Morgan fingerprint density at radius 3 is 3.00 bits per heavy atom. The number of imidazole rings is 1. The maximum absolute atomic E-state index is 13.4. The molecule has 1 aromatic carbocycles. The van der Waals surface area contributed by atoms with E-state index in [0.717, 1.165) is 11.3 Å². The molecule has 19 heavy (non-hydrogen) atoms. The number of nitrogen functional groups attached to an aromatic ring is 1. The van der Waals surface area contributed by atoms with E-state index in [0.29, 0.717) is 23.3 Å². The lowest BCUT2D eigenvalue weighted by atomic mass is 10.3. The monoisotopic (exact) mass is 298 g/mol. The zero-order chi connectivity index (χ0) is 13.6. The van der Waals surface area contributed by atoms with Crippen LogP contribution in [0.1, 0.15) is 5.69 Å². The molecule has 3 N–H and O–H groups in total. The number of H-pyrrole nitrogens is 1. The molecular formula is C11H8ClFN4OS. The molecule has 3 rings (SSSR count). The molecule has 98 valence electrons. The summed E-state index contributed by atoms with van der Waals surface area (Å²) in [5, 5.41) is 1.71. The molecule has 0 bridgehead atoms. The number of nitrogens with zero attached hydrogens (tertiary/aromatic N) is 2. The Balaban J connectivity index is 2.14. The van der Waals surface area contributed by atoms with E-state index in [1.165, 1.54) is 12.1 Å². The van der Waals surface area contributed by atoms with Gasteiger partial charge in [0.1, 0.15) is 5.82 Å². The van der Waals surface area contributed by atoms with Gasteiger partial charge in [-0.2, -0.15) is 0 Å². The van der Waals surface area contributed by atoms with Crippen LogP contribution in [0.4, 0.5) is 10.3 Å². The van der Waals surface area contributed by atoms with E-state index in [1.807, 2.05) is 0 Å². The van der Waals surface area contributed by atoms with Gasteiger partial charge in [-0.15, -0.1) is 0 Å². The Labute approximate surface area is 115 Å². The molecule has 8 heteroatoms. The number of hydrogen-bond donors (Lipinski definition) is 2. The van der Waals surface area contributed by atoms with Crippen molar-refractivity contribution in [3.05, 3.63) is 43.7 Å². The minimum absolute atomic E-state index is 0.00691. The van der Waals surface area contributed by atoms with E-state index in [4.69, 9.17) is 17.3 Å². The average Bonchev–Trinajstić information content (AvgIpc) is 2.87. The second-order valence-corrected chi connectivity index (χ2v) is 5.23. The number of nitrogens with one attached hydrogen (secondary N) is 1. The van der Waals surface area contributed by atoms with Crippen molar-refractivity contribution in [1.82, 2.24) is 14.5 Å². The van der Waals surface area contributed by atoms with Crippen LogP contribution in [0, 0.1) is 5.82 Å². The highest BCUT2D eigenvalue weighted by Crippen LogP contribution is 2.25. The maximum atomic E-state index is 13.4. The Morgan fingerprint density at radius 2 is 2.32 bits per heavy atom. The SMILES string of the molecule is Nc1nc2cc(F)c(Cl)cc2n1Cc1csc(=O)[nH]1. The van der Waals surface area contributed by atoms with E-state index < -0.39 is 5.82 Å². The first kappa shape index (κ1) is 12.2. The largest absolute Gasteiger partial charge is 0.369 e. The number of thiazole rings is 1. The van der Waals surface area contributed by atoms with Crippen LogP contribution in [0.5, 0.6) is 0 Å². The number of anilines is 1. The van der Waals surface area contributed by atoms with Crippen molar-refractivity contribution in [3.8, 4) is 0 Å². The Bertz CT molecular complexity index is 822. The molecule has 0 saturated carbocycles. The fourth-order valence-electron chi connectivity index (χ4n) is 1.87. The number of rotatable bonds is 2. The van der Waals surface area contributed by atoms with Gasteiger partial charge in [0, 0.05) is 17.1 Å². The van der Waals surface area contributed by atoms with Crippen LogP contribution >= 0.6 is 22.9 Å².